The molecule has 0 bridgehead atoms. The second-order valence-electron chi connectivity index (χ2n) is 5.26. The fourth-order valence-electron chi connectivity index (χ4n) is 2.68. The molecule has 0 radical (unpaired) electrons. The molecule has 3 heteroatoms. The Labute approximate surface area is 122 Å². The predicted octanol–water partition coefficient (Wildman–Crippen LogP) is 3.86. The summed E-state index contributed by atoms with van der Waals surface area (Å²) in [5.41, 5.74) is 2.40. The minimum absolute atomic E-state index is 0.314. The molecule has 1 aromatic carbocycles. The van der Waals surface area contributed by atoms with E-state index in [9.17, 15) is 4.79 Å². The van der Waals surface area contributed by atoms with E-state index in [0.29, 0.717) is 5.57 Å². The number of rotatable bonds is 3. The molecule has 1 aromatic heterocycles. The van der Waals surface area contributed by atoms with E-state index < -0.39 is 5.60 Å². The maximum atomic E-state index is 12.0. The summed E-state index contributed by atoms with van der Waals surface area (Å²) in [5, 5.41) is 2.02. The van der Waals surface area contributed by atoms with Crippen LogP contribution in [0.3, 0.4) is 0 Å². The number of hydrogen-bond acceptors (Lipinski definition) is 3. The van der Waals surface area contributed by atoms with Crippen molar-refractivity contribution in [3.05, 3.63) is 69.9 Å². The van der Waals surface area contributed by atoms with Crippen LogP contribution in [0.25, 0.3) is 0 Å². The van der Waals surface area contributed by atoms with Crippen LogP contribution in [0.15, 0.2) is 53.9 Å². The van der Waals surface area contributed by atoms with Crippen LogP contribution in [-0.4, -0.2) is 5.97 Å². The van der Waals surface area contributed by atoms with E-state index in [2.05, 4.69) is 18.7 Å². The van der Waals surface area contributed by atoms with E-state index in [1.54, 1.807) is 18.3 Å². The van der Waals surface area contributed by atoms with Crippen molar-refractivity contribution in [3.8, 4) is 0 Å². The third kappa shape index (κ3) is 2.18. The van der Waals surface area contributed by atoms with E-state index in [1.165, 1.54) is 11.1 Å². The molecule has 20 heavy (non-hydrogen) atoms. The summed E-state index contributed by atoms with van der Waals surface area (Å²) in [6.07, 6.45) is 1.48. The van der Waals surface area contributed by atoms with Crippen LogP contribution in [0.1, 0.15) is 22.9 Å². The van der Waals surface area contributed by atoms with Gasteiger partial charge < -0.3 is 4.74 Å². The zero-order valence-corrected chi connectivity index (χ0v) is 12.2. The lowest BCUT2D eigenvalue weighted by molar-refractivity contribution is -0.154. The predicted molar refractivity (Wildman–Crippen MR) is 80.8 cm³/mol. The number of thiophene rings is 1. The highest BCUT2D eigenvalue weighted by Crippen LogP contribution is 2.43. The summed E-state index contributed by atoms with van der Waals surface area (Å²) in [6, 6.07) is 12.3. The van der Waals surface area contributed by atoms with Gasteiger partial charge in [-0.2, -0.15) is 0 Å². The third-order valence-corrected chi connectivity index (χ3v) is 4.73. The average Bonchev–Trinajstić information content (AvgIpc) is 3.06. The average molecular weight is 284 g/mol. The molecule has 0 atom stereocenters. The van der Waals surface area contributed by atoms with Gasteiger partial charge in [-0.25, -0.2) is 4.79 Å². The number of carbonyl (C=O) groups excluding carboxylic acids is 1. The molecule has 0 spiro atoms. The molecule has 0 fully saturated rings. The number of benzene rings is 1. The largest absolute Gasteiger partial charge is 0.449 e. The lowest BCUT2D eigenvalue weighted by Gasteiger charge is -2.28. The van der Waals surface area contributed by atoms with Gasteiger partial charge in [-0.05, 0) is 29.5 Å². The minimum Gasteiger partial charge on any atom is -0.449 e. The van der Waals surface area contributed by atoms with Gasteiger partial charge in [0, 0.05) is 23.3 Å². The Morgan fingerprint density at radius 2 is 1.85 bits per heavy atom. The van der Waals surface area contributed by atoms with Gasteiger partial charge in [-0.1, -0.05) is 36.9 Å². The molecule has 0 saturated heterocycles. The van der Waals surface area contributed by atoms with Gasteiger partial charge in [0.2, 0.25) is 0 Å². The third-order valence-electron chi connectivity index (χ3n) is 3.68. The first-order valence-electron chi connectivity index (χ1n) is 6.60. The molecule has 3 rings (SSSR count). The van der Waals surface area contributed by atoms with Gasteiger partial charge in [0.15, 0.2) is 5.60 Å². The Bertz CT molecular complexity index is 630. The lowest BCUT2D eigenvalue weighted by Crippen LogP contribution is -2.32. The van der Waals surface area contributed by atoms with Crippen molar-refractivity contribution in [1.82, 2.24) is 0 Å². The van der Waals surface area contributed by atoms with Gasteiger partial charge in [-0.15, -0.1) is 11.3 Å². The number of carbonyl (C=O) groups is 1. The quantitative estimate of drug-likeness (QED) is 0.632. The molecule has 1 aliphatic carbocycles. The Hall–Kier alpha value is -1.87. The van der Waals surface area contributed by atoms with E-state index >= 15 is 0 Å². The summed E-state index contributed by atoms with van der Waals surface area (Å²) in [7, 11) is 0. The van der Waals surface area contributed by atoms with Crippen LogP contribution in [0, 0.1) is 0 Å². The zero-order chi connectivity index (χ0) is 14.2. The maximum Gasteiger partial charge on any atom is 0.334 e. The normalized spacial score (nSPS) is 15.7. The lowest BCUT2D eigenvalue weighted by atomic mass is 9.97. The van der Waals surface area contributed by atoms with Crippen molar-refractivity contribution < 1.29 is 9.53 Å². The van der Waals surface area contributed by atoms with Crippen molar-refractivity contribution in [1.29, 1.82) is 0 Å². The summed E-state index contributed by atoms with van der Waals surface area (Å²) in [6.45, 7) is 5.37. The topological polar surface area (TPSA) is 26.3 Å². The molecule has 0 amide bonds. The Morgan fingerprint density at radius 3 is 2.35 bits per heavy atom. The van der Waals surface area contributed by atoms with Crippen molar-refractivity contribution in [2.75, 3.05) is 0 Å². The number of esters is 1. The summed E-state index contributed by atoms with van der Waals surface area (Å²) in [5.74, 6) is -0.314. The maximum absolute atomic E-state index is 12.0. The molecule has 0 aliphatic heterocycles. The van der Waals surface area contributed by atoms with Crippen molar-refractivity contribution in [3.63, 3.8) is 0 Å². The summed E-state index contributed by atoms with van der Waals surface area (Å²) >= 11 is 1.64. The summed E-state index contributed by atoms with van der Waals surface area (Å²) < 4.78 is 5.86. The highest BCUT2D eigenvalue weighted by Gasteiger charge is 2.43. The van der Waals surface area contributed by atoms with Crippen LogP contribution in [-0.2, 0) is 28.0 Å². The van der Waals surface area contributed by atoms with Crippen molar-refractivity contribution >= 4 is 17.3 Å². The van der Waals surface area contributed by atoms with Gasteiger partial charge in [0.1, 0.15) is 0 Å². The Kier molecular flexibility index (Phi) is 3.22. The number of fused-ring (bicyclic) bond motifs is 1. The van der Waals surface area contributed by atoms with Crippen LogP contribution < -0.4 is 0 Å². The molecule has 0 unspecified atom stereocenters. The molecule has 1 aliphatic rings. The van der Waals surface area contributed by atoms with Gasteiger partial charge in [0.05, 0.1) is 0 Å². The molecule has 2 nitrogen and oxygen atoms in total. The highest BCUT2D eigenvalue weighted by atomic mass is 32.1. The van der Waals surface area contributed by atoms with Crippen LogP contribution in [0.2, 0.25) is 0 Å². The first-order chi connectivity index (χ1) is 9.61. The summed E-state index contributed by atoms with van der Waals surface area (Å²) in [4.78, 5) is 13.1. The minimum atomic E-state index is -0.562. The van der Waals surface area contributed by atoms with Crippen LogP contribution in [0.5, 0.6) is 0 Å². The molecular formula is C17H16O2S. The SMILES string of the molecule is C=C(C)C(=O)OC1(c2cccs2)Cc2ccccc2C1. The van der Waals surface area contributed by atoms with Gasteiger partial charge in [0.25, 0.3) is 0 Å². The van der Waals surface area contributed by atoms with E-state index in [-0.39, 0.29) is 5.97 Å². The van der Waals surface area contributed by atoms with Gasteiger partial charge in [-0.3, -0.25) is 0 Å². The fourth-order valence-corrected chi connectivity index (χ4v) is 3.54. The smallest absolute Gasteiger partial charge is 0.334 e. The van der Waals surface area contributed by atoms with E-state index in [4.69, 9.17) is 4.74 Å². The molecule has 1 heterocycles. The fraction of sp³-hybridized carbons (Fsp3) is 0.235. The van der Waals surface area contributed by atoms with Crippen molar-refractivity contribution in [2.24, 2.45) is 0 Å². The molecular weight excluding hydrogens is 268 g/mol. The zero-order valence-electron chi connectivity index (χ0n) is 11.4. The highest BCUT2D eigenvalue weighted by molar-refractivity contribution is 7.10. The second-order valence-corrected chi connectivity index (χ2v) is 6.21. The first-order valence-corrected chi connectivity index (χ1v) is 7.48. The monoisotopic (exact) mass is 284 g/mol. The van der Waals surface area contributed by atoms with Crippen molar-refractivity contribution in [2.45, 2.75) is 25.4 Å². The number of hydrogen-bond donors (Lipinski definition) is 0. The molecule has 0 N–H and O–H groups in total. The van der Waals surface area contributed by atoms with E-state index in [0.717, 1.165) is 17.7 Å². The van der Waals surface area contributed by atoms with Crippen LogP contribution >= 0.6 is 11.3 Å². The molecule has 2 aromatic rings. The first kappa shape index (κ1) is 13.1. The molecule has 102 valence electrons. The van der Waals surface area contributed by atoms with E-state index in [1.807, 2.05) is 29.6 Å². The Morgan fingerprint density at radius 1 is 1.20 bits per heavy atom. The second kappa shape index (κ2) is 4.91. The van der Waals surface area contributed by atoms with Gasteiger partial charge >= 0.3 is 5.97 Å². The Balaban J connectivity index is 2.00. The van der Waals surface area contributed by atoms with Crippen LogP contribution in [0.4, 0.5) is 0 Å². The standard InChI is InChI=1S/C17H16O2S/c1-12(2)16(18)19-17(15-8-5-9-20-15)10-13-6-3-4-7-14(13)11-17/h3-9H,1,10-11H2,2H3. The molecule has 0 saturated carbocycles. The number of ether oxygens (including phenoxy) is 1.